The molecule has 25 heavy (non-hydrogen) atoms. The van der Waals surface area contributed by atoms with Crippen molar-refractivity contribution < 1.29 is 9.90 Å². The van der Waals surface area contributed by atoms with Gasteiger partial charge in [-0.3, -0.25) is 0 Å². The van der Waals surface area contributed by atoms with E-state index in [2.05, 4.69) is 20.7 Å². The topological polar surface area (TPSA) is 92.1 Å². The fraction of sp³-hybridized carbons (Fsp3) is 0.500. The second kappa shape index (κ2) is 8.62. The molecule has 136 valence electrons. The zero-order chi connectivity index (χ0) is 18.4. The molecule has 0 saturated heterocycles. The number of aliphatic hydroxyl groups is 1. The second-order valence-electron chi connectivity index (χ2n) is 6.55. The molecule has 2 rings (SSSR count). The third kappa shape index (κ3) is 5.29. The maximum Gasteiger partial charge on any atom is 0.315 e. The van der Waals surface area contributed by atoms with Crippen molar-refractivity contribution in [1.29, 1.82) is 0 Å². The van der Waals surface area contributed by atoms with E-state index in [-0.39, 0.29) is 24.6 Å². The summed E-state index contributed by atoms with van der Waals surface area (Å²) in [6.07, 6.45) is 2.28. The van der Waals surface area contributed by atoms with Crippen LogP contribution in [0.15, 0.2) is 24.4 Å². The Kier molecular flexibility index (Phi) is 6.52. The zero-order valence-corrected chi connectivity index (χ0v) is 15.3. The van der Waals surface area contributed by atoms with Crippen LogP contribution in [-0.4, -0.2) is 38.6 Å². The van der Waals surface area contributed by atoms with Crippen LogP contribution in [0.3, 0.4) is 0 Å². The molecule has 0 saturated carbocycles. The average Bonchev–Trinajstić information content (AvgIpc) is 2.91. The van der Waals surface area contributed by atoms with Gasteiger partial charge >= 0.3 is 6.03 Å². The van der Waals surface area contributed by atoms with Crippen molar-refractivity contribution in [2.45, 2.75) is 46.7 Å². The van der Waals surface area contributed by atoms with Gasteiger partial charge in [-0.05, 0) is 43.9 Å². The number of rotatable bonds is 7. The van der Waals surface area contributed by atoms with Gasteiger partial charge in [-0.2, -0.15) is 5.10 Å². The molecule has 0 aliphatic heterocycles. The summed E-state index contributed by atoms with van der Waals surface area (Å²) in [7, 11) is 0. The Morgan fingerprint density at radius 3 is 2.60 bits per heavy atom. The van der Waals surface area contributed by atoms with E-state index in [1.54, 1.807) is 10.9 Å². The van der Waals surface area contributed by atoms with Crippen molar-refractivity contribution in [3.05, 3.63) is 41.3 Å². The number of amides is 2. The lowest BCUT2D eigenvalue weighted by atomic mass is 10.0. The number of aryl methyl sites for hydroxylation is 2. The molecule has 2 heterocycles. The SMILES string of the molecule is Cc1cc(C)n(-c2ccc(CNC(=O)NC(CCO)C(C)C)cn2)n1. The molecule has 0 aromatic carbocycles. The van der Waals surface area contributed by atoms with Gasteiger partial charge in [-0.1, -0.05) is 19.9 Å². The largest absolute Gasteiger partial charge is 0.396 e. The van der Waals surface area contributed by atoms with Gasteiger partial charge in [0.15, 0.2) is 5.82 Å². The molecule has 1 unspecified atom stereocenters. The molecule has 0 radical (unpaired) electrons. The Hall–Kier alpha value is -2.41. The monoisotopic (exact) mass is 345 g/mol. The minimum atomic E-state index is -0.241. The van der Waals surface area contributed by atoms with Gasteiger partial charge in [0.05, 0.1) is 5.69 Å². The lowest BCUT2D eigenvalue weighted by Crippen LogP contribution is -2.44. The van der Waals surface area contributed by atoms with E-state index in [1.165, 1.54) is 0 Å². The summed E-state index contributed by atoms with van der Waals surface area (Å²) in [6.45, 7) is 8.41. The van der Waals surface area contributed by atoms with E-state index < -0.39 is 0 Å². The van der Waals surface area contributed by atoms with E-state index in [0.717, 1.165) is 22.8 Å². The van der Waals surface area contributed by atoms with E-state index in [1.807, 2.05) is 45.9 Å². The van der Waals surface area contributed by atoms with Crippen LogP contribution in [0.4, 0.5) is 4.79 Å². The summed E-state index contributed by atoms with van der Waals surface area (Å²) >= 11 is 0. The summed E-state index contributed by atoms with van der Waals surface area (Å²) in [4.78, 5) is 16.4. The molecule has 7 heteroatoms. The van der Waals surface area contributed by atoms with Crippen LogP contribution in [0.2, 0.25) is 0 Å². The van der Waals surface area contributed by atoms with Crippen molar-refractivity contribution in [2.75, 3.05) is 6.61 Å². The highest BCUT2D eigenvalue weighted by molar-refractivity contribution is 5.74. The number of urea groups is 1. The molecule has 3 N–H and O–H groups in total. The van der Waals surface area contributed by atoms with Crippen LogP contribution in [0.1, 0.15) is 37.2 Å². The summed E-state index contributed by atoms with van der Waals surface area (Å²) in [5.41, 5.74) is 2.88. The lowest BCUT2D eigenvalue weighted by molar-refractivity contribution is 0.218. The van der Waals surface area contributed by atoms with Gasteiger partial charge < -0.3 is 15.7 Å². The maximum atomic E-state index is 12.0. The van der Waals surface area contributed by atoms with Crippen molar-refractivity contribution in [1.82, 2.24) is 25.4 Å². The highest BCUT2D eigenvalue weighted by Gasteiger charge is 2.15. The van der Waals surface area contributed by atoms with Crippen LogP contribution >= 0.6 is 0 Å². The third-order valence-corrected chi connectivity index (χ3v) is 4.05. The number of carbonyl (C=O) groups excluding carboxylic acids is 1. The first-order valence-corrected chi connectivity index (χ1v) is 8.54. The number of pyridine rings is 1. The van der Waals surface area contributed by atoms with Gasteiger partial charge in [-0.25, -0.2) is 14.5 Å². The number of nitrogens with zero attached hydrogens (tertiary/aromatic N) is 3. The normalized spacial score (nSPS) is 12.2. The summed E-state index contributed by atoms with van der Waals surface area (Å²) in [5.74, 6) is 1.02. The molecule has 2 aromatic heterocycles. The number of aromatic nitrogens is 3. The molecule has 0 aliphatic rings. The van der Waals surface area contributed by atoms with Gasteiger partial charge in [-0.15, -0.1) is 0 Å². The quantitative estimate of drug-likeness (QED) is 0.716. The third-order valence-electron chi connectivity index (χ3n) is 4.05. The first kappa shape index (κ1) is 18.9. The van der Waals surface area contributed by atoms with E-state index in [0.29, 0.717) is 13.0 Å². The van der Waals surface area contributed by atoms with E-state index in [4.69, 9.17) is 5.11 Å². The van der Waals surface area contributed by atoms with Crippen molar-refractivity contribution in [3.8, 4) is 5.82 Å². The fourth-order valence-electron chi connectivity index (χ4n) is 2.62. The predicted molar refractivity (Wildman–Crippen MR) is 96.5 cm³/mol. The molecule has 2 aromatic rings. The minimum absolute atomic E-state index is 0.0449. The molecule has 7 nitrogen and oxygen atoms in total. The number of aliphatic hydroxyl groups excluding tert-OH is 1. The Morgan fingerprint density at radius 1 is 1.32 bits per heavy atom. The molecule has 2 amide bonds. The van der Waals surface area contributed by atoms with Crippen molar-refractivity contribution in [3.63, 3.8) is 0 Å². The fourth-order valence-corrected chi connectivity index (χ4v) is 2.62. The van der Waals surface area contributed by atoms with Crippen LogP contribution in [0, 0.1) is 19.8 Å². The van der Waals surface area contributed by atoms with Crippen LogP contribution in [0.25, 0.3) is 5.82 Å². The standard InChI is InChI=1S/C18H27N5O2/c1-12(2)16(7-8-24)21-18(25)20-11-15-5-6-17(19-10-15)23-14(4)9-13(3)22-23/h5-6,9-10,12,16,24H,7-8,11H2,1-4H3,(H2,20,21,25). The molecule has 0 spiro atoms. The zero-order valence-electron chi connectivity index (χ0n) is 15.3. The number of hydrogen-bond acceptors (Lipinski definition) is 4. The maximum absolute atomic E-state index is 12.0. The highest BCUT2D eigenvalue weighted by atomic mass is 16.3. The Morgan fingerprint density at radius 2 is 2.08 bits per heavy atom. The lowest BCUT2D eigenvalue weighted by Gasteiger charge is -2.21. The predicted octanol–water partition coefficient (Wildman–Crippen LogP) is 2.09. The Labute approximate surface area is 148 Å². The number of hydrogen-bond donors (Lipinski definition) is 3. The van der Waals surface area contributed by atoms with Crippen LogP contribution in [-0.2, 0) is 6.54 Å². The molecule has 1 atom stereocenters. The minimum Gasteiger partial charge on any atom is -0.396 e. The molecule has 0 bridgehead atoms. The molecule has 0 aliphatic carbocycles. The van der Waals surface area contributed by atoms with Gasteiger partial charge in [0.25, 0.3) is 0 Å². The van der Waals surface area contributed by atoms with Crippen LogP contribution < -0.4 is 10.6 Å². The Balaban J connectivity index is 1.91. The van der Waals surface area contributed by atoms with E-state index >= 15 is 0 Å². The van der Waals surface area contributed by atoms with Gasteiger partial charge in [0.1, 0.15) is 0 Å². The van der Waals surface area contributed by atoms with Crippen molar-refractivity contribution >= 4 is 6.03 Å². The summed E-state index contributed by atoms with van der Waals surface area (Å²) in [6, 6.07) is 5.52. The molecule has 0 fully saturated rings. The Bertz CT molecular complexity index is 694. The second-order valence-corrected chi connectivity index (χ2v) is 6.55. The average molecular weight is 345 g/mol. The summed E-state index contributed by atoms with van der Waals surface area (Å²) in [5, 5.41) is 19.2. The number of carbonyl (C=O) groups is 1. The van der Waals surface area contributed by atoms with Crippen molar-refractivity contribution in [2.24, 2.45) is 5.92 Å². The summed E-state index contributed by atoms with van der Waals surface area (Å²) < 4.78 is 1.79. The highest BCUT2D eigenvalue weighted by Crippen LogP contribution is 2.10. The van der Waals surface area contributed by atoms with E-state index in [9.17, 15) is 4.79 Å². The van der Waals surface area contributed by atoms with Gasteiger partial charge in [0.2, 0.25) is 0 Å². The number of nitrogens with one attached hydrogen (secondary N) is 2. The molecular weight excluding hydrogens is 318 g/mol. The van der Waals surface area contributed by atoms with Crippen LogP contribution in [0.5, 0.6) is 0 Å². The smallest absolute Gasteiger partial charge is 0.315 e. The first-order valence-electron chi connectivity index (χ1n) is 8.54. The molecular formula is C18H27N5O2. The first-order chi connectivity index (χ1) is 11.9. The van der Waals surface area contributed by atoms with Gasteiger partial charge in [0, 0.05) is 31.1 Å².